The van der Waals surface area contributed by atoms with Gasteiger partial charge >= 0.3 is 0 Å². The zero-order chi connectivity index (χ0) is 14.4. The normalized spacial score (nSPS) is 14.7. The van der Waals surface area contributed by atoms with Crippen LogP contribution in [-0.2, 0) is 6.42 Å². The third kappa shape index (κ3) is 6.29. The van der Waals surface area contributed by atoms with Crippen molar-refractivity contribution < 1.29 is 0 Å². The van der Waals surface area contributed by atoms with E-state index in [1.165, 1.54) is 5.56 Å². The zero-order valence-electron chi connectivity index (χ0n) is 12.3. The molecule has 0 radical (unpaired) electrons. The SMILES string of the molecule is CC(C)CNCC(C)C(C)Cc1ccc(Br)cc1Cl. The number of hydrogen-bond acceptors (Lipinski definition) is 1. The molecule has 0 aliphatic rings. The van der Waals surface area contributed by atoms with E-state index in [2.05, 4.69) is 61.1 Å². The minimum absolute atomic E-state index is 0.623. The van der Waals surface area contributed by atoms with Crippen LogP contribution in [0.5, 0.6) is 0 Å². The van der Waals surface area contributed by atoms with E-state index in [0.717, 1.165) is 29.0 Å². The highest BCUT2D eigenvalue weighted by molar-refractivity contribution is 9.10. The van der Waals surface area contributed by atoms with Crippen molar-refractivity contribution in [2.24, 2.45) is 17.8 Å². The summed E-state index contributed by atoms with van der Waals surface area (Å²) < 4.78 is 1.04. The van der Waals surface area contributed by atoms with E-state index >= 15 is 0 Å². The van der Waals surface area contributed by atoms with Gasteiger partial charge in [-0.15, -0.1) is 0 Å². The molecule has 1 nitrogen and oxygen atoms in total. The van der Waals surface area contributed by atoms with Crippen molar-refractivity contribution in [3.63, 3.8) is 0 Å². The van der Waals surface area contributed by atoms with Gasteiger partial charge in [-0.05, 0) is 55.0 Å². The van der Waals surface area contributed by atoms with Crippen LogP contribution in [0, 0.1) is 17.8 Å². The molecular formula is C16H25BrClN. The van der Waals surface area contributed by atoms with Crippen LogP contribution in [0.1, 0.15) is 33.3 Å². The van der Waals surface area contributed by atoms with Gasteiger partial charge in [0.2, 0.25) is 0 Å². The van der Waals surface area contributed by atoms with E-state index in [1.54, 1.807) is 0 Å². The molecule has 0 fully saturated rings. The van der Waals surface area contributed by atoms with Crippen molar-refractivity contribution in [3.05, 3.63) is 33.3 Å². The molecule has 2 unspecified atom stereocenters. The average Bonchev–Trinajstić information content (AvgIpc) is 2.32. The van der Waals surface area contributed by atoms with E-state index in [-0.39, 0.29) is 0 Å². The maximum Gasteiger partial charge on any atom is 0.0449 e. The molecule has 19 heavy (non-hydrogen) atoms. The Kier molecular flexibility index (Phi) is 7.41. The van der Waals surface area contributed by atoms with Crippen LogP contribution in [0.3, 0.4) is 0 Å². The van der Waals surface area contributed by atoms with Gasteiger partial charge in [0.05, 0.1) is 0 Å². The number of nitrogens with one attached hydrogen (secondary N) is 1. The molecule has 1 aromatic carbocycles. The van der Waals surface area contributed by atoms with Crippen LogP contribution >= 0.6 is 27.5 Å². The fraction of sp³-hybridized carbons (Fsp3) is 0.625. The highest BCUT2D eigenvalue weighted by Crippen LogP contribution is 2.25. The lowest BCUT2D eigenvalue weighted by Crippen LogP contribution is -2.28. The van der Waals surface area contributed by atoms with Crippen molar-refractivity contribution in [1.29, 1.82) is 0 Å². The van der Waals surface area contributed by atoms with E-state index in [0.29, 0.717) is 17.8 Å². The van der Waals surface area contributed by atoms with Gasteiger partial charge in [0.25, 0.3) is 0 Å². The van der Waals surface area contributed by atoms with Crippen molar-refractivity contribution in [3.8, 4) is 0 Å². The van der Waals surface area contributed by atoms with Crippen LogP contribution in [0.25, 0.3) is 0 Å². The molecular weight excluding hydrogens is 322 g/mol. The van der Waals surface area contributed by atoms with Crippen molar-refractivity contribution >= 4 is 27.5 Å². The predicted octanol–water partition coefficient (Wildman–Crippen LogP) is 5.16. The van der Waals surface area contributed by atoms with Gasteiger partial charge < -0.3 is 5.32 Å². The fourth-order valence-corrected chi connectivity index (χ4v) is 2.79. The summed E-state index contributed by atoms with van der Waals surface area (Å²) in [5.74, 6) is 1.99. The third-order valence-corrected chi connectivity index (χ3v) is 4.39. The van der Waals surface area contributed by atoms with Gasteiger partial charge in [0.1, 0.15) is 0 Å². The smallest absolute Gasteiger partial charge is 0.0449 e. The number of halogens is 2. The Labute approximate surface area is 131 Å². The lowest BCUT2D eigenvalue weighted by Gasteiger charge is -2.21. The molecule has 0 bridgehead atoms. The first kappa shape index (κ1) is 17.0. The summed E-state index contributed by atoms with van der Waals surface area (Å²) in [5.41, 5.74) is 1.24. The van der Waals surface area contributed by atoms with Crippen molar-refractivity contribution in [2.45, 2.75) is 34.1 Å². The van der Waals surface area contributed by atoms with Gasteiger partial charge in [0, 0.05) is 9.50 Å². The molecule has 0 heterocycles. The summed E-state index contributed by atoms with van der Waals surface area (Å²) in [6.07, 6.45) is 1.04. The van der Waals surface area contributed by atoms with E-state index in [4.69, 9.17) is 11.6 Å². The number of hydrogen-bond donors (Lipinski definition) is 1. The second-order valence-corrected chi connectivity index (χ2v) is 7.27. The Morgan fingerprint density at radius 1 is 1.11 bits per heavy atom. The van der Waals surface area contributed by atoms with Crippen molar-refractivity contribution in [1.82, 2.24) is 5.32 Å². The molecule has 3 heteroatoms. The summed E-state index contributed by atoms with van der Waals surface area (Å²) >= 11 is 9.72. The van der Waals surface area contributed by atoms with Crippen LogP contribution in [0.2, 0.25) is 5.02 Å². The van der Waals surface area contributed by atoms with Crippen LogP contribution in [0.15, 0.2) is 22.7 Å². The Morgan fingerprint density at radius 3 is 2.37 bits per heavy atom. The van der Waals surface area contributed by atoms with E-state index < -0.39 is 0 Å². The maximum atomic E-state index is 6.28. The summed E-state index contributed by atoms with van der Waals surface area (Å²) in [7, 11) is 0. The Bertz CT molecular complexity index is 392. The summed E-state index contributed by atoms with van der Waals surface area (Å²) in [6.45, 7) is 11.3. The molecule has 0 saturated carbocycles. The molecule has 0 aromatic heterocycles. The summed E-state index contributed by atoms with van der Waals surface area (Å²) in [4.78, 5) is 0. The molecule has 1 aromatic rings. The van der Waals surface area contributed by atoms with Crippen LogP contribution in [-0.4, -0.2) is 13.1 Å². The fourth-order valence-electron chi connectivity index (χ4n) is 2.04. The molecule has 1 rings (SSSR count). The second-order valence-electron chi connectivity index (χ2n) is 5.95. The molecule has 2 atom stereocenters. The quantitative estimate of drug-likeness (QED) is 0.719. The van der Waals surface area contributed by atoms with Gasteiger partial charge in [0.15, 0.2) is 0 Å². The van der Waals surface area contributed by atoms with Gasteiger partial charge in [-0.2, -0.15) is 0 Å². The minimum Gasteiger partial charge on any atom is -0.316 e. The number of rotatable bonds is 7. The standard InChI is InChI=1S/C16H25BrClN/c1-11(2)9-19-10-13(4)12(3)7-14-5-6-15(17)8-16(14)18/h5-6,8,11-13,19H,7,9-10H2,1-4H3. The topological polar surface area (TPSA) is 12.0 Å². The Balaban J connectivity index is 2.47. The Hall–Kier alpha value is -0.0500. The minimum atomic E-state index is 0.623. The maximum absolute atomic E-state index is 6.28. The zero-order valence-corrected chi connectivity index (χ0v) is 14.7. The first-order chi connectivity index (χ1) is 8.90. The molecule has 1 N–H and O–H groups in total. The molecule has 0 amide bonds. The molecule has 0 aliphatic carbocycles. The van der Waals surface area contributed by atoms with Crippen LogP contribution in [0.4, 0.5) is 0 Å². The number of benzene rings is 1. The van der Waals surface area contributed by atoms with Gasteiger partial charge in [-0.1, -0.05) is 61.3 Å². The highest BCUT2D eigenvalue weighted by atomic mass is 79.9. The average molecular weight is 347 g/mol. The highest BCUT2D eigenvalue weighted by Gasteiger charge is 2.14. The lowest BCUT2D eigenvalue weighted by atomic mass is 9.89. The first-order valence-electron chi connectivity index (χ1n) is 7.04. The predicted molar refractivity (Wildman–Crippen MR) is 88.9 cm³/mol. The molecule has 108 valence electrons. The second kappa shape index (κ2) is 8.28. The largest absolute Gasteiger partial charge is 0.316 e. The lowest BCUT2D eigenvalue weighted by molar-refractivity contribution is 0.357. The van der Waals surface area contributed by atoms with E-state index in [1.807, 2.05) is 6.07 Å². The summed E-state index contributed by atoms with van der Waals surface area (Å²) in [5, 5.41) is 4.40. The first-order valence-corrected chi connectivity index (χ1v) is 8.22. The van der Waals surface area contributed by atoms with E-state index in [9.17, 15) is 0 Å². The molecule has 0 saturated heterocycles. The monoisotopic (exact) mass is 345 g/mol. The van der Waals surface area contributed by atoms with Gasteiger partial charge in [-0.3, -0.25) is 0 Å². The molecule has 0 spiro atoms. The third-order valence-electron chi connectivity index (χ3n) is 3.55. The Morgan fingerprint density at radius 2 is 1.79 bits per heavy atom. The summed E-state index contributed by atoms with van der Waals surface area (Å²) in [6, 6.07) is 6.16. The van der Waals surface area contributed by atoms with Gasteiger partial charge in [-0.25, -0.2) is 0 Å². The van der Waals surface area contributed by atoms with Crippen molar-refractivity contribution in [2.75, 3.05) is 13.1 Å². The van der Waals surface area contributed by atoms with Crippen LogP contribution < -0.4 is 5.32 Å². The molecule has 0 aliphatic heterocycles.